The monoisotopic (exact) mass is 234 g/mol. The average Bonchev–Trinajstić information content (AvgIpc) is 2.00. The number of allylic oxidation sites excluding steroid dienone is 3. The molecule has 0 N–H and O–H groups in total. The maximum atomic E-state index is 4.91. The lowest BCUT2D eigenvalue weighted by atomic mass is 10.2. The van der Waals surface area contributed by atoms with Crippen molar-refractivity contribution in [1.82, 2.24) is 0 Å². The molecule has 0 amide bonds. The Hall–Kier alpha value is 0.0900. The molecule has 1 nitrogen and oxygen atoms in total. The maximum absolute atomic E-state index is 4.91. The van der Waals surface area contributed by atoms with Gasteiger partial charge in [0, 0.05) is 13.9 Å². The fourth-order valence-corrected chi connectivity index (χ4v) is 1.30. The first-order valence-electron chi connectivity index (χ1n) is 3.21. The Labute approximate surface area is 78.6 Å². The van der Waals surface area contributed by atoms with Crippen molar-refractivity contribution in [2.24, 2.45) is 0 Å². The normalized spacial score (nSPS) is 13.4. The Morgan fingerprint density at radius 2 is 2.36 bits per heavy atom. The second kappa shape index (κ2) is 6.78. The van der Waals surface area contributed by atoms with Crippen molar-refractivity contribution in [2.45, 2.75) is 6.92 Å². The zero-order chi connectivity index (χ0) is 8.69. The SMILES string of the molecule is C=C/C=C(Br)\C(=C/C)COP. The van der Waals surface area contributed by atoms with Crippen molar-refractivity contribution < 1.29 is 4.52 Å². The van der Waals surface area contributed by atoms with E-state index in [0.29, 0.717) is 6.61 Å². The summed E-state index contributed by atoms with van der Waals surface area (Å²) in [5.41, 5.74) is 1.11. The molecule has 0 bridgehead atoms. The lowest BCUT2D eigenvalue weighted by molar-refractivity contribution is 0.417. The van der Waals surface area contributed by atoms with Crippen LogP contribution in [-0.2, 0) is 4.52 Å². The van der Waals surface area contributed by atoms with Gasteiger partial charge in [0.15, 0.2) is 0 Å². The van der Waals surface area contributed by atoms with E-state index in [0.717, 1.165) is 10.1 Å². The Morgan fingerprint density at radius 3 is 2.73 bits per heavy atom. The number of hydrogen-bond acceptors (Lipinski definition) is 1. The van der Waals surface area contributed by atoms with Crippen LogP contribution in [0, 0.1) is 0 Å². The van der Waals surface area contributed by atoms with E-state index >= 15 is 0 Å². The molecule has 1 unspecified atom stereocenters. The second-order valence-electron chi connectivity index (χ2n) is 1.88. The first-order valence-corrected chi connectivity index (χ1v) is 4.48. The third-order valence-electron chi connectivity index (χ3n) is 1.16. The van der Waals surface area contributed by atoms with Crippen LogP contribution >= 0.6 is 25.4 Å². The van der Waals surface area contributed by atoms with Gasteiger partial charge in [0.25, 0.3) is 0 Å². The van der Waals surface area contributed by atoms with Crippen LogP contribution in [0.4, 0.5) is 0 Å². The van der Waals surface area contributed by atoms with Gasteiger partial charge in [0.05, 0.1) is 6.61 Å². The molecule has 62 valence electrons. The predicted molar refractivity (Wildman–Crippen MR) is 56.6 cm³/mol. The van der Waals surface area contributed by atoms with Gasteiger partial charge in [0.2, 0.25) is 0 Å². The summed E-state index contributed by atoms with van der Waals surface area (Å²) in [5.74, 6) is 0. The van der Waals surface area contributed by atoms with Crippen molar-refractivity contribution in [3.05, 3.63) is 34.9 Å². The lowest BCUT2D eigenvalue weighted by Crippen LogP contribution is -1.89. The van der Waals surface area contributed by atoms with Crippen molar-refractivity contribution in [2.75, 3.05) is 6.61 Å². The number of halogens is 1. The van der Waals surface area contributed by atoms with Crippen LogP contribution in [-0.4, -0.2) is 6.61 Å². The van der Waals surface area contributed by atoms with Crippen molar-refractivity contribution >= 4 is 25.4 Å². The van der Waals surface area contributed by atoms with E-state index in [1.54, 1.807) is 6.08 Å². The quantitative estimate of drug-likeness (QED) is 0.537. The zero-order valence-electron chi connectivity index (χ0n) is 6.51. The molecule has 0 saturated heterocycles. The predicted octanol–water partition coefficient (Wildman–Crippen LogP) is 3.20. The molecule has 0 aliphatic heterocycles. The lowest BCUT2D eigenvalue weighted by Gasteiger charge is -2.02. The Kier molecular flexibility index (Phi) is 6.83. The van der Waals surface area contributed by atoms with Crippen molar-refractivity contribution in [3.8, 4) is 0 Å². The van der Waals surface area contributed by atoms with Gasteiger partial charge < -0.3 is 4.52 Å². The topological polar surface area (TPSA) is 9.23 Å². The van der Waals surface area contributed by atoms with E-state index in [4.69, 9.17) is 4.52 Å². The van der Waals surface area contributed by atoms with Crippen molar-refractivity contribution in [3.63, 3.8) is 0 Å². The van der Waals surface area contributed by atoms with Crippen molar-refractivity contribution in [1.29, 1.82) is 0 Å². The smallest absolute Gasteiger partial charge is 0.0760 e. The molecule has 1 atom stereocenters. The van der Waals surface area contributed by atoms with Gasteiger partial charge in [-0.1, -0.05) is 34.7 Å². The number of rotatable bonds is 4. The molecule has 0 fully saturated rings. The molecule has 0 aromatic carbocycles. The molecule has 3 heteroatoms. The fraction of sp³-hybridized carbons (Fsp3) is 0.250. The first-order chi connectivity index (χ1) is 5.26. The minimum Gasteiger partial charge on any atom is -0.361 e. The molecule has 11 heavy (non-hydrogen) atoms. The average molecular weight is 235 g/mol. The molecule has 0 radical (unpaired) electrons. The highest BCUT2D eigenvalue weighted by molar-refractivity contribution is 9.12. The van der Waals surface area contributed by atoms with Crippen LogP contribution in [0.5, 0.6) is 0 Å². The van der Waals surface area contributed by atoms with E-state index in [9.17, 15) is 0 Å². The molecular formula is C8H12BrOP. The first kappa shape index (κ1) is 11.1. The third-order valence-corrected chi connectivity index (χ3v) is 2.10. The van der Waals surface area contributed by atoms with E-state index < -0.39 is 0 Å². The summed E-state index contributed by atoms with van der Waals surface area (Å²) in [6.07, 6.45) is 5.61. The van der Waals surface area contributed by atoms with Gasteiger partial charge in [-0.15, -0.1) is 0 Å². The van der Waals surface area contributed by atoms with Gasteiger partial charge in [-0.2, -0.15) is 0 Å². The standard InChI is InChI=1S/C8H12BrOP/c1-3-5-8(9)7(4-2)6-10-11/h3-5H,1,6,11H2,2H3/b7-4-,8-5+. The molecule has 0 rings (SSSR count). The maximum Gasteiger partial charge on any atom is 0.0760 e. The molecule has 0 aliphatic rings. The summed E-state index contributed by atoms with van der Waals surface area (Å²) in [6.45, 7) is 6.16. The summed E-state index contributed by atoms with van der Waals surface area (Å²) < 4.78 is 5.92. The van der Waals surface area contributed by atoms with Crippen LogP contribution in [0.25, 0.3) is 0 Å². The zero-order valence-corrected chi connectivity index (χ0v) is 9.25. The van der Waals surface area contributed by atoms with E-state index in [1.807, 2.05) is 19.1 Å². The number of hydrogen-bond donors (Lipinski definition) is 0. The van der Waals surface area contributed by atoms with Gasteiger partial charge in [-0.3, -0.25) is 0 Å². The molecule has 0 spiro atoms. The van der Waals surface area contributed by atoms with Crippen LogP contribution in [0.1, 0.15) is 6.92 Å². The summed E-state index contributed by atoms with van der Waals surface area (Å²) in [7, 11) is 2.22. The van der Waals surface area contributed by atoms with Crippen LogP contribution in [0.3, 0.4) is 0 Å². The minimum atomic E-state index is 0.589. The second-order valence-corrected chi connectivity index (χ2v) is 3.06. The Bertz CT molecular complexity index is 185. The summed E-state index contributed by atoms with van der Waals surface area (Å²) in [4.78, 5) is 0. The summed E-state index contributed by atoms with van der Waals surface area (Å²) in [5, 5.41) is 0. The Balaban J connectivity index is 4.26. The van der Waals surface area contributed by atoms with E-state index in [2.05, 4.69) is 32.0 Å². The van der Waals surface area contributed by atoms with E-state index in [-0.39, 0.29) is 0 Å². The molecular weight excluding hydrogens is 223 g/mol. The largest absolute Gasteiger partial charge is 0.361 e. The Morgan fingerprint density at radius 1 is 1.73 bits per heavy atom. The fourth-order valence-electron chi connectivity index (χ4n) is 0.590. The third kappa shape index (κ3) is 4.52. The summed E-state index contributed by atoms with van der Waals surface area (Å²) in [6, 6.07) is 0. The van der Waals surface area contributed by atoms with Gasteiger partial charge in [-0.25, -0.2) is 0 Å². The molecule has 0 aromatic rings. The van der Waals surface area contributed by atoms with Crippen LogP contribution in [0.2, 0.25) is 0 Å². The van der Waals surface area contributed by atoms with Gasteiger partial charge >= 0.3 is 0 Å². The molecule has 0 aromatic heterocycles. The highest BCUT2D eigenvalue weighted by Gasteiger charge is 1.97. The highest BCUT2D eigenvalue weighted by atomic mass is 79.9. The van der Waals surface area contributed by atoms with Gasteiger partial charge in [0.1, 0.15) is 0 Å². The van der Waals surface area contributed by atoms with Gasteiger partial charge in [-0.05, 0) is 18.6 Å². The van der Waals surface area contributed by atoms with Crippen LogP contribution < -0.4 is 0 Å². The van der Waals surface area contributed by atoms with Crippen LogP contribution in [0.15, 0.2) is 34.9 Å². The summed E-state index contributed by atoms with van der Waals surface area (Å²) >= 11 is 3.40. The molecule has 0 saturated carbocycles. The highest BCUT2D eigenvalue weighted by Crippen LogP contribution is 2.17. The minimum absolute atomic E-state index is 0.589. The molecule has 0 aliphatic carbocycles. The van der Waals surface area contributed by atoms with E-state index in [1.165, 1.54) is 0 Å². The molecule has 0 heterocycles.